The molecule has 17 heavy (non-hydrogen) atoms. The van der Waals surface area contributed by atoms with Crippen LogP contribution in [0, 0.1) is 0 Å². The van der Waals surface area contributed by atoms with Crippen LogP contribution in [-0.2, 0) is 6.54 Å². The zero-order valence-corrected chi connectivity index (χ0v) is 10.1. The molecule has 1 amide bonds. The lowest BCUT2D eigenvalue weighted by Gasteiger charge is -2.15. The van der Waals surface area contributed by atoms with Crippen LogP contribution in [0.4, 0.5) is 0 Å². The topological polar surface area (TPSA) is 68.5 Å². The Morgan fingerprint density at radius 2 is 2.29 bits per heavy atom. The molecule has 5 heteroatoms. The number of pyridine rings is 1. The van der Waals surface area contributed by atoms with Crippen molar-refractivity contribution in [1.29, 1.82) is 0 Å². The molecule has 1 fully saturated rings. The molecule has 0 bridgehead atoms. The molecule has 1 aliphatic carbocycles. The molecule has 5 nitrogen and oxygen atoms in total. The van der Waals surface area contributed by atoms with Crippen LogP contribution in [0.25, 0.3) is 0 Å². The lowest BCUT2D eigenvalue weighted by Crippen LogP contribution is -2.23. The number of aromatic nitrogens is 1. The molecule has 0 radical (unpaired) electrons. The SMILES string of the molecule is CN(C)C(=O)c1cnc(CN)cc1OC1CC1. The molecule has 0 aliphatic heterocycles. The molecule has 0 atom stereocenters. The molecular weight excluding hydrogens is 218 g/mol. The van der Waals surface area contributed by atoms with Crippen molar-refractivity contribution in [2.45, 2.75) is 25.5 Å². The van der Waals surface area contributed by atoms with E-state index in [2.05, 4.69) is 4.98 Å². The fraction of sp³-hybridized carbons (Fsp3) is 0.500. The normalized spacial score (nSPS) is 14.5. The standard InChI is InChI=1S/C12H17N3O2/c1-15(2)12(16)10-7-14-8(6-13)5-11(10)17-9-3-4-9/h5,7,9H,3-4,6,13H2,1-2H3. The zero-order valence-electron chi connectivity index (χ0n) is 10.1. The van der Waals surface area contributed by atoms with Gasteiger partial charge in [0.15, 0.2) is 0 Å². The Balaban J connectivity index is 2.31. The van der Waals surface area contributed by atoms with Crippen LogP contribution >= 0.6 is 0 Å². The van der Waals surface area contributed by atoms with Crippen molar-refractivity contribution in [2.75, 3.05) is 14.1 Å². The molecule has 1 heterocycles. The summed E-state index contributed by atoms with van der Waals surface area (Å²) in [4.78, 5) is 17.6. The number of hydrogen-bond acceptors (Lipinski definition) is 4. The van der Waals surface area contributed by atoms with Gasteiger partial charge in [0.2, 0.25) is 0 Å². The molecule has 92 valence electrons. The van der Waals surface area contributed by atoms with Gasteiger partial charge in [-0.1, -0.05) is 0 Å². The Bertz CT molecular complexity index is 428. The fourth-order valence-electron chi connectivity index (χ4n) is 1.45. The average Bonchev–Trinajstić information content (AvgIpc) is 3.11. The minimum Gasteiger partial charge on any atom is -0.489 e. The van der Waals surface area contributed by atoms with E-state index in [0.717, 1.165) is 18.5 Å². The lowest BCUT2D eigenvalue weighted by atomic mass is 10.2. The third-order valence-corrected chi connectivity index (χ3v) is 2.59. The molecule has 0 unspecified atom stereocenters. The van der Waals surface area contributed by atoms with Gasteiger partial charge in [0.1, 0.15) is 5.75 Å². The monoisotopic (exact) mass is 235 g/mol. The summed E-state index contributed by atoms with van der Waals surface area (Å²) >= 11 is 0. The third-order valence-electron chi connectivity index (χ3n) is 2.59. The summed E-state index contributed by atoms with van der Waals surface area (Å²) in [6, 6.07) is 1.76. The predicted octanol–water partition coefficient (Wildman–Crippen LogP) is 0.783. The largest absolute Gasteiger partial charge is 0.489 e. The first-order chi connectivity index (χ1) is 8.11. The second-order valence-corrected chi connectivity index (χ2v) is 4.39. The maximum absolute atomic E-state index is 11.9. The van der Waals surface area contributed by atoms with E-state index in [9.17, 15) is 4.79 Å². The highest BCUT2D eigenvalue weighted by Crippen LogP contribution is 2.29. The van der Waals surface area contributed by atoms with E-state index >= 15 is 0 Å². The first-order valence-electron chi connectivity index (χ1n) is 5.69. The zero-order chi connectivity index (χ0) is 12.4. The quantitative estimate of drug-likeness (QED) is 0.837. The van der Waals surface area contributed by atoms with Crippen LogP contribution in [0.2, 0.25) is 0 Å². The highest BCUT2D eigenvalue weighted by molar-refractivity contribution is 5.96. The summed E-state index contributed by atoms with van der Waals surface area (Å²) in [6.45, 7) is 0.345. The van der Waals surface area contributed by atoms with Gasteiger partial charge in [-0.3, -0.25) is 9.78 Å². The fourth-order valence-corrected chi connectivity index (χ4v) is 1.45. The first kappa shape index (κ1) is 11.9. The van der Waals surface area contributed by atoms with Crippen molar-refractivity contribution in [1.82, 2.24) is 9.88 Å². The maximum Gasteiger partial charge on any atom is 0.258 e. The number of carbonyl (C=O) groups excluding carboxylic acids is 1. The van der Waals surface area contributed by atoms with E-state index < -0.39 is 0 Å². The van der Waals surface area contributed by atoms with Gasteiger partial charge in [-0.2, -0.15) is 0 Å². The summed E-state index contributed by atoms with van der Waals surface area (Å²) in [6.07, 6.45) is 3.89. The number of nitrogens with zero attached hydrogens (tertiary/aromatic N) is 2. The average molecular weight is 235 g/mol. The van der Waals surface area contributed by atoms with Gasteiger partial charge in [0.25, 0.3) is 5.91 Å². The van der Waals surface area contributed by atoms with Crippen molar-refractivity contribution in [3.05, 3.63) is 23.5 Å². The van der Waals surface area contributed by atoms with E-state index in [4.69, 9.17) is 10.5 Å². The van der Waals surface area contributed by atoms with Gasteiger partial charge in [0, 0.05) is 32.9 Å². The van der Waals surface area contributed by atoms with Gasteiger partial charge in [-0.25, -0.2) is 0 Å². The second kappa shape index (κ2) is 4.71. The minimum absolute atomic E-state index is 0.100. The molecule has 2 rings (SSSR count). The summed E-state index contributed by atoms with van der Waals surface area (Å²) in [5, 5.41) is 0. The van der Waals surface area contributed by atoms with E-state index in [0.29, 0.717) is 17.9 Å². The summed E-state index contributed by atoms with van der Waals surface area (Å²) in [7, 11) is 3.42. The smallest absolute Gasteiger partial charge is 0.258 e. The maximum atomic E-state index is 11.9. The van der Waals surface area contributed by atoms with Gasteiger partial charge in [-0.05, 0) is 12.8 Å². The van der Waals surface area contributed by atoms with Crippen LogP contribution < -0.4 is 10.5 Å². The number of nitrogens with two attached hydrogens (primary N) is 1. The van der Waals surface area contributed by atoms with Crippen LogP contribution in [-0.4, -0.2) is 36.0 Å². The summed E-state index contributed by atoms with van der Waals surface area (Å²) < 4.78 is 5.73. The first-order valence-corrected chi connectivity index (χ1v) is 5.69. The third kappa shape index (κ3) is 2.74. The molecule has 0 spiro atoms. The molecule has 1 aliphatic rings. The Kier molecular flexibility index (Phi) is 3.28. The van der Waals surface area contributed by atoms with Crippen molar-refractivity contribution in [3.63, 3.8) is 0 Å². The van der Waals surface area contributed by atoms with Crippen LogP contribution in [0.15, 0.2) is 12.3 Å². The highest BCUT2D eigenvalue weighted by Gasteiger charge is 2.26. The number of amides is 1. The van der Waals surface area contributed by atoms with Crippen molar-refractivity contribution >= 4 is 5.91 Å². The molecule has 1 saturated carbocycles. The Labute approximate surface area is 101 Å². The molecular formula is C12H17N3O2. The van der Waals surface area contributed by atoms with E-state index in [1.807, 2.05) is 0 Å². The Hall–Kier alpha value is -1.62. The van der Waals surface area contributed by atoms with Gasteiger partial charge in [0.05, 0.1) is 17.4 Å². The number of hydrogen-bond donors (Lipinski definition) is 1. The van der Waals surface area contributed by atoms with E-state index in [-0.39, 0.29) is 12.0 Å². The molecule has 2 N–H and O–H groups in total. The van der Waals surface area contributed by atoms with Crippen LogP contribution in [0.1, 0.15) is 28.9 Å². The van der Waals surface area contributed by atoms with Crippen molar-refractivity contribution in [2.24, 2.45) is 5.73 Å². The van der Waals surface area contributed by atoms with Crippen molar-refractivity contribution < 1.29 is 9.53 Å². The van der Waals surface area contributed by atoms with E-state index in [1.165, 1.54) is 4.90 Å². The Morgan fingerprint density at radius 3 is 2.82 bits per heavy atom. The summed E-state index contributed by atoms with van der Waals surface area (Å²) in [5.41, 5.74) is 6.77. The van der Waals surface area contributed by atoms with Crippen LogP contribution in [0.5, 0.6) is 5.75 Å². The van der Waals surface area contributed by atoms with Gasteiger partial charge < -0.3 is 15.4 Å². The molecule has 0 saturated heterocycles. The number of carbonyl (C=O) groups is 1. The highest BCUT2D eigenvalue weighted by atomic mass is 16.5. The summed E-state index contributed by atoms with van der Waals surface area (Å²) in [5.74, 6) is 0.498. The molecule has 1 aromatic rings. The van der Waals surface area contributed by atoms with Gasteiger partial charge >= 0.3 is 0 Å². The predicted molar refractivity (Wildman–Crippen MR) is 63.8 cm³/mol. The lowest BCUT2D eigenvalue weighted by molar-refractivity contribution is 0.0822. The minimum atomic E-state index is -0.100. The molecule has 1 aromatic heterocycles. The molecule has 0 aromatic carbocycles. The van der Waals surface area contributed by atoms with Gasteiger partial charge in [-0.15, -0.1) is 0 Å². The van der Waals surface area contributed by atoms with E-state index in [1.54, 1.807) is 26.4 Å². The van der Waals surface area contributed by atoms with Crippen molar-refractivity contribution in [3.8, 4) is 5.75 Å². The number of rotatable bonds is 4. The number of ether oxygens (including phenoxy) is 1. The van der Waals surface area contributed by atoms with Crippen LogP contribution in [0.3, 0.4) is 0 Å². The Morgan fingerprint density at radius 1 is 1.59 bits per heavy atom. The second-order valence-electron chi connectivity index (χ2n) is 4.39.